The molecule has 0 aliphatic rings. The van der Waals surface area contributed by atoms with E-state index in [4.69, 9.17) is 4.74 Å². The van der Waals surface area contributed by atoms with Crippen molar-refractivity contribution in [3.8, 4) is 5.75 Å². The normalized spacial score (nSPS) is 9.53. The Bertz CT molecular complexity index is 409. The topological polar surface area (TPSA) is 67.4 Å². The molecule has 0 radical (unpaired) electrons. The predicted molar refractivity (Wildman–Crippen MR) is 66.3 cm³/mol. The van der Waals surface area contributed by atoms with Crippen LogP contribution in [0.5, 0.6) is 5.75 Å². The Hall–Kier alpha value is -1.69. The number of thioether (sulfide) groups is 1. The first-order chi connectivity index (χ1) is 8.15. The van der Waals surface area contributed by atoms with Gasteiger partial charge >= 0.3 is 6.03 Å². The van der Waals surface area contributed by atoms with Crippen molar-refractivity contribution in [2.45, 2.75) is 4.90 Å². The zero-order valence-electron chi connectivity index (χ0n) is 9.65. The number of hydrogen-bond donors (Lipinski definition) is 2. The van der Waals surface area contributed by atoms with Gasteiger partial charge in [0.1, 0.15) is 5.75 Å². The highest BCUT2D eigenvalue weighted by molar-refractivity contribution is 8.00. The third-order valence-corrected chi connectivity index (χ3v) is 2.88. The average molecular weight is 254 g/mol. The van der Waals surface area contributed by atoms with Gasteiger partial charge in [-0.05, 0) is 18.2 Å². The molecule has 5 nitrogen and oxygen atoms in total. The molecule has 92 valence electrons. The zero-order valence-corrected chi connectivity index (χ0v) is 10.5. The van der Waals surface area contributed by atoms with Gasteiger partial charge in [0.05, 0.1) is 12.9 Å². The molecule has 6 heteroatoms. The first-order valence-corrected chi connectivity index (χ1v) is 5.92. The molecule has 17 heavy (non-hydrogen) atoms. The number of carbonyl (C=O) groups excluding carboxylic acids is 2. The molecule has 0 aliphatic carbocycles. The van der Waals surface area contributed by atoms with Crippen molar-refractivity contribution >= 4 is 23.7 Å². The van der Waals surface area contributed by atoms with Crippen LogP contribution in [0.4, 0.5) is 4.79 Å². The van der Waals surface area contributed by atoms with E-state index in [1.54, 1.807) is 7.11 Å². The third-order valence-electron chi connectivity index (χ3n) is 1.89. The van der Waals surface area contributed by atoms with Crippen LogP contribution >= 0.6 is 11.8 Å². The maximum Gasteiger partial charge on any atom is 0.321 e. The molecule has 0 atom stereocenters. The largest absolute Gasteiger partial charge is 0.497 e. The van der Waals surface area contributed by atoms with Crippen LogP contribution in [-0.2, 0) is 4.79 Å². The van der Waals surface area contributed by atoms with Gasteiger partial charge in [-0.2, -0.15) is 0 Å². The number of urea groups is 1. The van der Waals surface area contributed by atoms with Gasteiger partial charge in [0.25, 0.3) is 0 Å². The number of hydrogen-bond acceptors (Lipinski definition) is 4. The molecule has 1 aromatic carbocycles. The van der Waals surface area contributed by atoms with Crippen LogP contribution in [0, 0.1) is 0 Å². The quantitative estimate of drug-likeness (QED) is 0.793. The van der Waals surface area contributed by atoms with Crippen molar-refractivity contribution in [2.24, 2.45) is 0 Å². The summed E-state index contributed by atoms with van der Waals surface area (Å²) in [5.74, 6) is 0.583. The van der Waals surface area contributed by atoms with Gasteiger partial charge in [-0.25, -0.2) is 4.79 Å². The van der Waals surface area contributed by atoms with Crippen molar-refractivity contribution in [1.82, 2.24) is 10.6 Å². The molecule has 1 rings (SSSR count). The van der Waals surface area contributed by atoms with Crippen LogP contribution < -0.4 is 15.4 Å². The molecule has 0 fully saturated rings. The third kappa shape index (κ3) is 4.78. The molecule has 0 aromatic heterocycles. The number of imide groups is 1. The highest BCUT2D eigenvalue weighted by Crippen LogP contribution is 2.22. The lowest BCUT2D eigenvalue weighted by atomic mass is 10.3. The van der Waals surface area contributed by atoms with Crippen molar-refractivity contribution in [3.63, 3.8) is 0 Å². The average Bonchev–Trinajstić information content (AvgIpc) is 2.36. The summed E-state index contributed by atoms with van der Waals surface area (Å²) < 4.78 is 5.07. The maximum absolute atomic E-state index is 11.3. The van der Waals surface area contributed by atoms with Gasteiger partial charge in [0.15, 0.2) is 0 Å². The van der Waals surface area contributed by atoms with Gasteiger partial charge in [0, 0.05) is 11.9 Å². The lowest BCUT2D eigenvalue weighted by Crippen LogP contribution is -2.38. The minimum atomic E-state index is -0.499. The van der Waals surface area contributed by atoms with E-state index in [2.05, 4.69) is 10.6 Å². The second kappa shape index (κ2) is 6.80. The minimum absolute atomic E-state index is 0.181. The molecule has 0 heterocycles. The van der Waals surface area contributed by atoms with Crippen LogP contribution in [0.3, 0.4) is 0 Å². The van der Waals surface area contributed by atoms with E-state index in [-0.39, 0.29) is 11.7 Å². The Labute approximate surface area is 104 Å². The van der Waals surface area contributed by atoms with E-state index in [0.29, 0.717) is 0 Å². The van der Waals surface area contributed by atoms with Crippen molar-refractivity contribution < 1.29 is 14.3 Å². The fourth-order valence-electron chi connectivity index (χ4n) is 1.07. The number of methoxy groups -OCH3 is 1. The van der Waals surface area contributed by atoms with E-state index in [9.17, 15) is 9.59 Å². The molecule has 0 unspecified atom stereocenters. The SMILES string of the molecule is CNC(=O)NC(=O)CSc1cccc(OC)c1. The molecule has 0 bridgehead atoms. The minimum Gasteiger partial charge on any atom is -0.497 e. The molecule has 0 saturated heterocycles. The highest BCUT2D eigenvalue weighted by atomic mass is 32.2. The fraction of sp³-hybridized carbons (Fsp3) is 0.273. The molecular formula is C11H14N2O3S. The summed E-state index contributed by atoms with van der Waals surface area (Å²) in [4.78, 5) is 23.1. The van der Waals surface area contributed by atoms with E-state index < -0.39 is 6.03 Å². The summed E-state index contributed by atoms with van der Waals surface area (Å²) in [6.07, 6.45) is 0. The van der Waals surface area contributed by atoms with Crippen LogP contribution in [0.1, 0.15) is 0 Å². The second-order valence-electron chi connectivity index (χ2n) is 3.09. The number of rotatable bonds is 4. The molecule has 3 amide bonds. The van der Waals surface area contributed by atoms with E-state index in [1.165, 1.54) is 18.8 Å². The van der Waals surface area contributed by atoms with Gasteiger partial charge in [0.2, 0.25) is 5.91 Å². The van der Waals surface area contributed by atoms with E-state index in [1.807, 2.05) is 24.3 Å². The Balaban J connectivity index is 2.44. The fourth-order valence-corrected chi connectivity index (χ4v) is 1.81. The summed E-state index contributed by atoms with van der Waals surface area (Å²) in [6.45, 7) is 0. The Morgan fingerprint density at radius 1 is 1.41 bits per heavy atom. The van der Waals surface area contributed by atoms with Crippen LogP contribution in [0.15, 0.2) is 29.2 Å². The monoisotopic (exact) mass is 254 g/mol. The first-order valence-electron chi connectivity index (χ1n) is 4.94. The second-order valence-corrected chi connectivity index (χ2v) is 4.14. The van der Waals surface area contributed by atoms with Gasteiger partial charge < -0.3 is 10.1 Å². The lowest BCUT2D eigenvalue weighted by Gasteiger charge is -2.04. The standard InChI is InChI=1S/C11H14N2O3S/c1-12-11(15)13-10(14)7-17-9-5-3-4-8(6-9)16-2/h3-6H,7H2,1-2H3,(H2,12,13,14,15). The van der Waals surface area contributed by atoms with Crippen LogP contribution in [-0.4, -0.2) is 31.8 Å². The van der Waals surface area contributed by atoms with E-state index >= 15 is 0 Å². The first kappa shape index (κ1) is 13.4. The van der Waals surface area contributed by atoms with Crippen molar-refractivity contribution in [3.05, 3.63) is 24.3 Å². The van der Waals surface area contributed by atoms with E-state index in [0.717, 1.165) is 10.6 Å². The number of nitrogens with one attached hydrogen (secondary N) is 2. The van der Waals surface area contributed by atoms with Gasteiger partial charge in [-0.3, -0.25) is 10.1 Å². The summed E-state index contributed by atoms with van der Waals surface area (Å²) >= 11 is 1.34. The molecule has 0 aliphatic heterocycles. The van der Waals surface area contributed by atoms with Crippen LogP contribution in [0.2, 0.25) is 0 Å². The van der Waals surface area contributed by atoms with Gasteiger partial charge in [-0.1, -0.05) is 6.07 Å². The number of benzene rings is 1. The molecule has 2 N–H and O–H groups in total. The summed E-state index contributed by atoms with van der Waals surface area (Å²) in [6, 6.07) is 6.88. The summed E-state index contributed by atoms with van der Waals surface area (Å²) in [5, 5.41) is 4.50. The summed E-state index contributed by atoms with van der Waals surface area (Å²) in [5.41, 5.74) is 0. The lowest BCUT2D eigenvalue weighted by molar-refractivity contribution is -0.117. The molecule has 1 aromatic rings. The summed E-state index contributed by atoms with van der Waals surface area (Å²) in [7, 11) is 3.04. The van der Waals surface area contributed by atoms with Crippen molar-refractivity contribution in [1.29, 1.82) is 0 Å². The predicted octanol–water partition coefficient (Wildman–Crippen LogP) is 1.24. The Morgan fingerprint density at radius 3 is 2.82 bits per heavy atom. The smallest absolute Gasteiger partial charge is 0.321 e. The molecular weight excluding hydrogens is 240 g/mol. The highest BCUT2D eigenvalue weighted by Gasteiger charge is 2.06. The van der Waals surface area contributed by atoms with Gasteiger partial charge in [-0.15, -0.1) is 11.8 Å². The number of ether oxygens (including phenoxy) is 1. The number of amides is 3. The Morgan fingerprint density at radius 2 is 2.18 bits per heavy atom. The maximum atomic E-state index is 11.3. The number of carbonyl (C=O) groups is 2. The zero-order chi connectivity index (χ0) is 12.7. The van der Waals surface area contributed by atoms with Crippen LogP contribution in [0.25, 0.3) is 0 Å². The molecule has 0 saturated carbocycles. The Kier molecular flexibility index (Phi) is 5.35. The molecule has 0 spiro atoms. The van der Waals surface area contributed by atoms with Crippen molar-refractivity contribution in [2.75, 3.05) is 19.9 Å².